The normalized spacial score (nSPS) is 15.0. The average Bonchev–Trinajstić information content (AvgIpc) is 1.64. The lowest BCUT2D eigenvalue weighted by molar-refractivity contribution is 0.0558. The Kier molecular flexibility index (Phi) is 30.3. The van der Waals surface area contributed by atoms with E-state index in [0.29, 0.717) is 150 Å². The number of carbonyl (C=O) groups is 8. The van der Waals surface area contributed by atoms with Gasteiger partial charge in [-0.05, 0) is 160 Å². The minimum Gasteiger partial charge on any atom is -0.383 e. The maximum absolute atomic E-state index is 14.9. The van der Waals surface area contributed by atoms with E-state index < -0.39 is 46.9 Å². The molecule has 0 bridgehead atoms. The maximum Gasteiger partial charge on any atom is 0.254 e. The molecule has 12 aromatic rings. The molecule has 0 radical (unpaired) electrons. The van der Waals surface area contributed by atoms with Crippen LogP contribution in [-0.4, -0.2) is 139 Å². The summed E-state index contributed by atoms with van der Waals surface area (Å²) in [7, 11) is 0. The third-order valence-electron chi connectivity index (χ3n) is 23.1. The van der Waals surface area contributed by atoms with Crippen molar-refractivity contribution in [2.75, 3.05) is 75.8 Å². The Morgan fingerprint density at radius 1 is 0.336 bits per heavy atom. The minimum atomic E-state index is -0.726. The lowest BCUT2D eigenvalue weighted by Crippen LogP contribution is -2.24. The summed E-state index contributed by atoms with van der Waals surface area (Å²) in [4.78, 5) is 98.1. The molecule has 2 unspecified atom stereocenters. The predicted molar refractivity (Wildman–Crippen MR) is 483 cm³/mol. The molecule has 4 aliphatic heterocycles. The molecule has 8 aromatic carbocycles. The van der Waals surface area contributed by atoms with Crippen LogP contribution in [0.25, 0.3) is 45.0 Å². The fraction of sp³-hybridized carbons (Fsp3) is 0.284. The molecule has 4 aromatic heterocycles. The number of rotatable bonds is 24. The van der Waals surface area contributed by atoms with Gasteiger partial charge in [-0.25, -0.2) is 36.3 Å². The summed E-state index contributed by atoms with van der Waals surface area (Å²) in [5.74, 6) is -5.03. The van der Waals surface area contributed by atoms with Crippen LogP contribution in [0.2, 0.25) is 0 Å². The molecule has 0 aliphatic carbocycles. The van der Waals surface area contributed by atoms with E-state index in [1.54, 1.807) is 118 Å². The molecule has 682 valence electrons. The molecule has 20 N–H and O–H groups in total. The summed E-state index contributed by atoms with van der Waals surface area (Å²) < 4.78 is 83.5. The Bertz CT molecular complexity index is 6040. The smallest absolute Gasteiger partial charge is 0.254 e. The maximum atomic E-state index is 14.9. The van der Waals surface area contributed by atoms with E-state index >= 15 is 0 Å². The lowest BCUT2D eigenvalue weighted by atomic mass is 10.0. The summed E-state index contributed by atoms with van der Waals surface area (Å²) in [6.07, 6.45) is 5.43. The van der Waals surface area contributed by atoms with Crippen LogP contribution in [0.5, 0.6) is 0 Å². The van der Waals surface area contributed by atoms with Crippen molar-refractivity contribution in [1.82, 2.24) is 60.4 Å². The SMILES string of the molecule is Cc1ccc(F)cc1C(=O)NCc1ccc(-c2nn(C3CCCOC3)c(N)c2C(N)=O)cc1.Cc1ccc(F)cc1C(=O)NCc1ccc(-c2nn(C3CCOC3)c(N)c2C(N)=O)cc1.Cc1ccc(F)cc1C(=O)NCc1ccc(-c2nn(C3CCOCC3)c(N)c2C(N)=O)cc1.Cc1ccccc1C(=O)NCc1ccc(-c2nn(C3CCOCC3)c(N)c2C(N)=O)cc1F. The lowest BCUT2D eigenvalue weighted by Gasteiger charge is -2.23. The molecule has 16 rings (SSSR count). The van der Waals surface area contributed by atoms with E-state index in [1.165, 1.54) is 42.5 Å². The molecule has 0 saturated carbocycles. The Hall–Kier alpha value is -14.9. The highest BCUT2D eigenvalue weighted by Crippen LogP contribution is 2.38. The van der Waals surface area contributed by atoms with Crippen LogP contribution in [0.4, 0.5) is 40.8 Å². The highest BCUT2D eigenvalue weighted by atomic mass is 19.1. The zero-order valence-corrected chi connectivity index (χ0v) is 72.5. The summed E-state index contributed by atoms with van der Waals surface area (Å²) >= 11 is 0. The van der Waals surface area contributed by atoms with Gasteiger partial charge in [0.2, 0.25) is 0 Å². The first-order valence-electron chi connectivity index (χ1n) is 42.5. The molecule has 2 atom stereocenters. The largest absolute Gasteiger partial charge is 0.383 e. The van der Waals surface area contributed by atoms with Gasteiger partial charge < -0.3 is 86.1 Å². The molecule has 8 amide bonds. The van der Waals surface area contributed by atoms with Gasteiger partial charge in [0.1, 0.15) is 91.6 Å². The highest BCUT2D eigenvalue weighted by Gasteiger charge is 2.33. The molecule has 4 saturated heterocycles. The minimum absolute atomic E-state index is 0.0145. The second-order valence-corrected chi connectivity index (χ2v) is 32.1. The highest BCUT2D eigenvalue weighted by molar-refractivity contribution is 6.06. The number of benzene rings is 8. The van der Waals surface area contributed by atoms with Crippen LogP contribution in [0.3, 0.4) is 0 Å². The number of carbonyl (C=O) groups excluding carboxylic acids is 8. The van der Waals surface area contributed by atoms with Gasteiger partial charge in [-0.2, -0.15) is 20.4 Å². The van der Waals surface area contributed by atoms with Crippen molar-refractivity contribution in [3.05, 3.63) is 282 Å². The second-order valence-electron chi connectivity index (χ2n) is 32.1. The third kappa shape index (κ3) is 22.3. The van der Waals surface area contributed by atoms with Crippen LogP contribution < -0.4 is 67.1 Å². The van der Waals surface area contributed by atoms with Crippen molar-refractivity contribution in [2.24, 2.45) is 22.9 Å². The zero-order chi connectivity index (χ0) is 93.4. The first kappa shape index (κ1) is 93.8. The topological polar surface area (TPSA) is 501 Å². The number of nitrogens with two attached hydrogens (primary N) is 8. The molecular formula is C95H102F4N20O12. The number of nitrogens with one attached hydrogen (secondary N) is 4. The first-order valence-corrected chi connectivity index (χ1v) is 42.5. The number of halogens is 4. The van der Waals surface area contributed by atoms with E-state index in [-0.39, 0.29) is 125 Å². The van der Waals surface area contributed by atoms with Gasteiger partial charge in [0.25, 0.3) is 47.3 Å². The predicted octanol–water partition coefficient (Wildman–Crippen LogP) is 11.5. The van der Waals surface area contributed by atoms with Gasteiger partial charge in [-0.1, -0.05) is 121 Å². The van der Waals surface area contributed by atoms with E-state index in [4.69, 9.17) is 64.8 Å². The number of primary amides is 4. The quantitative estimate of drug-likeness (QED) is 0.0250. The van der Waals surface area contributed by atoms with E-state index in [2.05, 4.69) is 41.7 Å². The monoisotopic (exact) mass is 1790 g/mol. The molecule has 131 heavy (non-hydrogen) atoms. The molecule has 0 spiro atoms. The number of nitrogens with zero attached hydrogens (tertiary/aromatic N) is 8. The van der Waals surface area contributed by atoms with Gasteiger partial charge in [0.05, 0.1) is 37.4 Å². The summed E-state index contributed by atoms with van der Waals surface area (Å²) in [6.45, 7) is 12.5. The molecular weight excluding hydrogens is 1690 g/mol. The van der Waals surface area contributed by atoms with Gasteiger partial charge in [-0.15, -0.1) is 0 Å². The van der Waals surface area contributed by atoms with Gasteiger partial charge in [0, 0.05) is 116 Å². The van der Waals surface area contributed by atoms with Crippen LogP contribution in [0, 0.1) is 51.0 Å². The number of ether oxygens (including phenoxy) is 4. The van der Waals surface area contributed by atoms with Crippen molar-refractivity contribution >= 4 is 70.5 Å². The van der Waals surface area contributed by atoms with Crippen molar-refractivity contribution in [3.63, 3.8) is 0 Å². The van der Waals surface area contributed by atoms with Crippen molar-refractivity contribution in [2.45, 2.75) is 123 Å². The van der Waals surface area contributed by atoms with Crippen LogP contribution in [0.1, 0.15) is 196 Å². The Labute approximate surface area is 751 Å². The van der Waals surface area contributed by atoms with Crippen molar-refractivity contribution in [3.8, 4) is 45.0 Å². The third-order valence-corrected chi connectivity index (χ3v) is 23.1. The molecule has 4 fully saturated rings. The van der Waals surface area contributed by atoms with Crippen molar-refractivity contribution < 1.29 is 74.9 Å². The molecule has 32 nitrogen and oxygen atoms in total. The number of hydrogen-bond acceptors (Lipinski definition) is 20. The number of anilines is 4. The number of aryl methyl sites for hydroxylation is 4. The number of hydrogen-bond donors (Lipinski definition) is 12. The zero-order valence-electron chi connectivity index (χ0n) is 72.5. The van der Waals surface area contributed by atoms with E-state index in [1.807, 2.05) is 55.5 Å². The van der Waals surface area contributed by atoms with Crippen LogP contribution in [0.15, 0.2) is 170 Å². The Balaban J connectivity index is 0.000000149. The summed E-state index contributed by atoms with van der Waals surface area (Å²) in [5, 5.41) is 29.4. The fourth-order valence-electron chi connectivity index (χ4n) is 15.8. The van der Waals surface area contributed by atoms with E-state index in [0.717, 1.165) is 54.4 Å². The first-order chi connectivity index (χ1) is 62.9. The van der Waals surface area contributed by atoms with Crippen LogP contribution in [-0.2, 0) is 45.1 Å². The Morgan fingerprint density at radius 2 is 0.634 bits per heavy atom. The van der Waals surface area contributed by atoms with Gasteiger partial charge >= 0.3 is 0 Å². The number of aromatic nitrogens is 8. The van der Waals surface area contributed by atoms with Crippen molar-refractivity contribution in [1.29, 1.82) is 0 Å². The standard InChI is InChI=1S/3C24H26FN5O3.C23H24FN5O3/c1-14-2-7-17(25)12-19(14)24(32)28-13-15-3-5-16(6-4-15)21-20(23(27)31)22(26)30(29-21)18-8-10-33-11-9-18;1-14-4-9-17(25)11-19(14)24(32)28-12-15-5-7-16(8-6-15)21-20(23(27)31)22(26)30(29-21)18-3-2-10-33-13-18;1-14-4-2-3-5-18(14)24(32)28-13-16-7-6-15(12-19(16)25)21-20(23(27)31)22(26)30(29-21)17-8-10-33-11-9-17;1-13-2-7-16(24)10-18(13)23(31)27-11-14-3-5-15(6-4-14)20-19(22(26)30)21(25)29(28-20)17-8-9-32-12-17/h2-7,12,18H,8-11,13,26H2,1H3,(H2,27,31)(H,28,32);4-9,11,18H,2-3,10,12-13,26H2,1H3,(H2,27,31)(H,28,32);2-7,12,17H,8-11,13,26H2,1H3,(H2,27,31)(H,28,32);2-7,10,17H,8-9,11-12,25H2,1H3,(H2,26,30)(H,27,31). The Morgan fingerprint density at radius 3 is 0.969 bits per heavy atom. The van der Waals surface area contributed by atoms with Crippen LogP contribution >= 0.6 is 0 Å². The molecule has 8 heterocycles. The molecule has 4 aliphatic rings. The number of amides is 8. The summed E-state index contributed by atoms with van der Waals surface area (Å²) in [5.41, 5.74) is 58.9. The molecule has 36 heteroatoms. The van der Waals surface area contributed by atoms with E-state index in [9.17, 15) is 55.9 Å². The van der Waals surface area contributed by atoms with Gasteiger partial charge in [-0.3, -0.25) is 38.4 Å². The second kappa shape index (κ2) is 42.4. The van der Waals surface area contributed by atoms with Gasteiger partial charge in [0.15, 0.2) is 0 Å². The summed E-state index contributed by atoms with van der Waals surface area (Å²) in [6, 6.07) is 45.6. The average molecular weight is 1790 g/mol. The fourth-order valence-corrected chi connectivity index (χ4v) is 15.8. The number of nitrogen functional groups attached to an aromatic ring is 4.